The van der Waals surface area contributed by atoms with Crippen molar-refractivity contribution in [1.82, 2.24) is 0 Å². The molecule has 178 valence electrons. The van der Waals surface area contributed by atoms with Crippen LogP contribution < -0.4 is 4.74 Å². The standard InChI is InChI=1S/C28H34F3NO/c29-28(30,31)33-27-19-17-26(18-20-27)25-15-13-24(14-16-25)12-11-23-9-7-22(8-10-23)6-4-2-1-3-5-21-32/h1-3,5,11-12,17-20,22-25H,4,6-10,13-16H2/t22-,23-,24-,25-. The third kappa shape index (κ3) is 9.12. The van der Waals surface area contributed by atoms with E-state index < -0.39 is 6.36 Å². The second-order valence-electron chi connectivity index (χ2n) is 9.39. The van der Waals surface area contributed by atoms with Crippen LogP contribution in [-0.4, -0.2) is 6.36 Å². The Morgan fingerprint density at radius 3 is 2.06 bits per heavy atom. The van der Waals surface area contributed by atoms with E-state index in [1.807, 2.05) is 12.1 Å². The van der Waals surface area contributed by atoms with Gasteiger partial charge in [0.25, 0.3) is 0 Å². The van der Waals surface area contributed by atoms with Gasteiger partial charge in [-0.1, -0.05) is 42.5 Å². The van der Waals surface area contributed by atoms with Crippen LogP contribution in [0, 0.1) is 29.1 Å². The minimum Gasteiger partial charge on any atom is -0.406 e. The highest BCUT2D eigenvalue weighted by molar-refractivity contribution is 5.30. The Kier molecular flexibility index (Phi) is 9.66. The number of nitriles is 1. The smallest absolute Gasteiger partial charge is 0.406 e. The van der Waals surface area contributed by atoms with E-state index in [-0.39, 0.29) is 5.75 Å². The van der Waals surface area contributed by atoms with Crippen molar-refractivity contribution in [3.8, 4) is 11.8 Å². The zero-order chi connectivity index (χ0) is 23.5. The van der Waals surface area contributed by atoms with E-state index in [2.05, 4.69) is 23.0 Å². The largest absolute Gasteiger partial charge is 0.573 e. The van der Waals surface area contributed by atoms with Crippen molar-refractivity contribution in [2.45, 2.75) is 76.5 Å². The molecule has 0 bridgehead atoms. The number of hydrogen-bond acceptors (Lipinski definition) is 2. The third-order valence-electron chi connectivity index (χ3n) is 7.06. The maximum Gasteiger partial charge on any atom is 0.573 e. The molecule has 2 fully saturated rings. The molecule has 0 N–H and O–H groups in total. The van der Waals surface area contributed by atoms with Crippen LogP contribution in [0.4, 0.5) is 13.2 Å². The zero-order valence-electron chi connectivity index (χ0n) is 19.1. The van der Waals surface area contributed by atoms with Gasteiger partial charge in [-0.05, 0) is 106 Å². The Hall–Kier alpha value is -2.48. The van der Waals surface area contributed by atoms with Gasteiger partial charge in [-0.15, -0.1) is 13.2 Å². The fourth-order valence-electron chi connectivity index (χ4n) is 5.18. The number of nitrogens with zero attached hydrogens (tertiary/aromatic N) is 1. The molecule has 0 atom stereocenters. The number of hydrogen-bond donors (Lipinski definition) is 0. The van der Waals surface area contributed by atoms with Gasteiger partial charge in [0.1, 0.15) is 5.75 Å². The lowest BCUT2D eigenvalue weighted by molar-refractivity contribution is -0.274. The summed E-state index contributed by atoms with van der Waals surface area (Å²) in [5.41, 5.74) is 1.11. The minimum atomic E-state index is -4.64. The topological polar surface area (TPSA) is 33.0 Å². The van der Waals surface area contributed by atoms with Crippen molar-refractivity contribution in [1.29, 1.82) is 5.26 Å². The van der Waals surface area contributed by atoms with E-state index in [4.69, 9.17) is 5.26 Å². The van der Waals surface area contributed by atoms with Crippen molar-refractivity contribution >= 4 is 0 Å². The number of halogens is 3. The molecule has 0 unspecified atom stereocenters. The molecule has 0 aromatic heterocycles. The molecule has 2 saturated carbocycles. The summed E-state index contributed by atoms with van der Waals surface area (Å²) in [7, 11) is 0. The SMILES string of the molecule is N#CC=CC=CCC[C@H]1CC[C@H](C=C[C@H]2CC[C@H](c3ccc(OC(F)(F)F)cc3)CC2)CC1. The number of ether oxygens (including phenoxy) is 1. The van der Waals surface area contributed by atoms with Crippen LogP contribution in [0.15, 0.2) is 60.7 Å². The van der Waals surface area contributed by atoms with Gasteiger partial charge in [0.15, 0.2) is 0 Å². The maximum atomic E-state index is 12.3. The van der Waals surface area contributed by atoms with Gasteiger partial charge in [0, 0.05) is 6.08 Å². The first-order valence-electron chi connectivity index (χ1n) is 12.2. The van der Waals surface area contributed by atoms with Gasteiger partial charge in [-0.2, -0.15) is 5.26 Å². The average molecular weight is 458 g/mol. The molecule has 2 aliphatic rings. The number of benzene rings is 1. The summed E-state index contributed by atoms with van der Waals surface area (Å²) in [6.45, 7) is 0. The number of alkyl halides is 3. The van der Waals surface area contributed by atoms with Crippen LogP contribution in [0.2, 0.25) is 0 Å². The maximum absolute atomic E-state index is 12.3. The summed E-state index contributed by atoms with van der Waals surface area (Å²) in [5, 5.41) is 8.47. The van der Waals surface area contributed by atoms with Crippen LogP contribution in [0.1, 0.15) is 75.7 Å². The Bertz CT molecular complexity index is 831. The normalized spacial score (nSPS) is 26.7. The van der Waals surface area contributed by atoms with E-state index in [1.165, 1.54) is 50.3 Å². The first kappa shape index (κ1) is 25.1. The van der Waals surface area contributed by atoms with E-state index in [0.29, 0.717) is 17.8 Å². The molecule has 0 radical (unpaired) electrons. The Labute approximate surface area is 195 Å². The number of allylic oxidation sites excluding steroid dienone is 6. The fraction of sp³-hybridized carbons (Fsp3) is 0.536. The molecule has 0 spiro atoms. The molecule has 0 saturated heterocycles. The van der Waals surface area contributed by atoms with Crippen LogP contribution >= 0.6 is 0 Å². The summed E-state index contributed by atoms with van der Waals surface area (Å²) in [6, 6.07) is 8.39. The highest BCUT2D eigenvalue weighted by Gasteiger charge is 2.31. The molecule has 3 rings (SSSR count). The van der Waals surface area contributed by atoms with E-state index in [1.54, 1.807) is 18.2 Å². The van der Waals surface area contributed by atoms with Gasteiger partial charge < -0.3 is 4.74 Å². The lowest BCUT2D eigenvalue weighted by Gasteiger charge is -2.29. The molecule has 33 heavy (non-hydrogen) atoms. The fourth-order valence-corrected chi connectivity index (χ4v) is 5.18. The summed E-state index contributed by atoms with van der Waals surface area (Å²) in [5.74, 6) is 2.42. The highest BCUT2D eigenvalue weighted by Crippen LogP contribution is 2.38. The first-order valence-corrected chi connectivity index (χ1v) is 12.2. The van der Waals surface area contributed by atoms with Gasteiger partial charge in [-0.3, -0.25) is 0 Å². The molecule has 5 heteroatoms. The Morgan fingerprint density at radius 1 is 0.879 bits per heavy atom. The highest BCUT2D eigenvalue weighted by atomic mass is 19.4. The minimum absolute atomic E-state index is 0.151. The van der Waals surface area contributed by atoms with Crippen LogP contribution in [-0.2, 0) is 0 Å². The van der Waals surface area contributed by atoms with Crippen molar-refractivity contribution in [3.05, 3.63) is 66.3 Å². The molecule has 0 aliphatic heterocycles. The zero-order valence-corrected chi connectivity index (χ0v) is 19.1. The molecule has 2 aliphatic carbocycles. The molecule has 1 aromatic carbocycles. The monoisotopic (exact) mass is 457 g/mol. The van der Waals surface area contributed by atoms with Gasteiger partial charge >= 0.3 is 6.36 Å². The summed E-state index contributed by atoms with van der Waals surface area (Å²) >= 11 is 0. The second kappa shape index (κ2) is 12.7. The molecular formula is C28H34F3NO. The van der Waals surface area contributed by atoms with E-state index >= 15 is 0 Å². The lowest BCUT2D eigenvalue weighted by Crippen LogP contribution is -2.17. The van der Waals surface area contributed by atoms with E-state index in [0.717, 1.165) is 43.6 Å². The van der Waals surface area contributed by atoms with Crippen molar-refractivity contribution < 1.29 is 17.9 Å². The summed E-state index contributed by atoms with van der Waals surface area (Å²) < 4.78 is 40.9. The summed E-state index contributed by atoms with van der Waals surface area (Å²) in [6.07, 6.45) is 19.6. The summed E-state index contributed by atoms with van der Waals surface area (Å²) in [4.78, 5) is 0. The first-order chi connectivity index (χ1) is 15.9. The molecular weight excluding hydrogens is 423 g/mol. The Balaban J connectivity index is 1.34. The van der Waals surface area contributed by atoms with Crippen LogP contribution in [0.5, 0.6) is 5.75 Å². The molecule has 2 nitrogen and oxygen atoms in total. The van der Waals surface area contributed by atoms with Crippen LogP contribution in [0.3, 0.4) is 0 Å². The average Bonchev–Trinajstić information content (AvgIpc) is 2.81. The number of rotatable bonds is 8. The van der Waals surface area contributed by atoms with Crippen molar-refractivity contribution in [2.24, 2.45) is 17.8 Å². The quantitative estimate of drug-likeness (QED) is 0.222. The van der Waals surface area contributed by atoms with Gasteiger partial charge in [-0.25, -0.2) is 0 Å². The lowest BCUT2D eigenvalue weighted by atomic mass is 9.77. The molecule has 0 heterocycles. The Morgan fingerprint density at radius 2 is 1.48 bits per heavy atom. The van der Waals surface area contributed by atoms with Crippen molar-refractivity contribution in [3.63, 3.8) is 0 Å². The third-order valence-corrected chi connectivity index (χ3v) is 7.06. The predicted molar refractivity (Wildman–Crippen MR) is 126 cm³/mol. The molecule has 0 amide bonds. The second-order valence-corrected chi connectivity index (χ2v) is 9.39. The van der Waals surface area contributed by atoms with Crippen LogP contribution in [0.25, 0.3) is 0 Å². The van der Waals surface area contributed by atoms with Crippen molar-refractivity contribution in [2.75, 3.05) is 0 Å². The van der Waals surface area contributed by atoms with Gasteiger partial charge in [0.2, 0.25) is 0 Å². The van der Waals surface area contributed by atoms with E-state index in [9.17, 15) is 13.2 Å². The van der Waals surface area contributed by atoms with Gasteiger partial charge in [0.05, 0.1) is 6.07 Å². The predicted octanol–water partition coefficient (Wildman–Crippen LogP) is 8.64. The molecule has 1 aromatic rings.